The number of benzene rings is 3. The van der Waals surface area contributed by atoms with Gasteiger partial charge in [-0.1, -0.05) is 47.4 Å². The SMILES string of the molecule is COC(=O)c1ccc([C@@H]2/C(=C(\O)c3ccc4c(c3)C[C@@H](C)O4)C(=O)C(=O)N2c2nnc(SCc3ccc(F)cc3)s2)cc1. The van der Waals surface area contributed by atoms with Crippen LogP contribution in [0.5, 0.6) is 5.75 Å². The number of ketones is 1. The summed E-state index contributed by atoms with van der Waals surface area (Å²) in [6.07, 6.45) is 0.630. The Morgan fingerprint density at radius 2 is 1.81 bits per heavy atom. The summed E-state index contributed by atoms with van der Waals surface area (Å²) < 4.78 is 24.4. The van der Waals surface area contributed by atoms with Crippen LogP contribution < -0.4 is 9.64 Å². The summed E-state index contributed by atoms with van der Waals surface area (Å²) in [5, 5.41) is 20.1. The van der Waals surface area contributed by atoms with E-state index in [-0.39, 0.29) is 33.9 Å². The number of carbonyl (C=O) groups excluding carboxylic acids is 3. The van der Waals surface area contributed by atoms with E-state index in [2.05, 4.69) is 10.2 Å². The summed E-state index contributed by atoms with van der Waals surface area (Å²) in [7, 11) is 1.27. The van der Waals surface area contributed by atoms with Gasteiger partial charge in [-0.15, -0.1) is 10.2 Å². The Kier molecular flexibility index (Phi) is 7.72. The number of fused-ring (bicyclic) bond motifs is 1. The number of methoxy groups -OCH3 is 1. The Morgan fingerprint density at radius 3 is 2.53 bits per heavy atom. The van der Waals surface area contributed by atoms with Crippen LogP contribution in [0.1, 0.15) is 45.6 Å². The smallest absolute Gasteiger partial charge is 0.337 e. The molecule has 9 nitrogen and oxygen atoms in total. The molecule has 1 fully saturated rings. The first-order chi connectivity index (χ1) is 20.7. The third kappa shape index (κ3) is 5.51. The molecule has 0 bridgehead atoms. The van der Waals surface area contributed by atoms with Gasteiger partial charge >= 0.3 is 11.9 Å². The van der Waals surface area contributed by atoms with Crippen LogP contribution in [0, 0.1) is 5.82 Å². The molecule has 2 atom stereocenters. The number of aromatic nitrogens is 2. The first kappa shape index (κ1) is 28.6. The van der Waals surface area contributed by atoms with Crippen LogP contribution in [0.15, 0.2) is 76.6 Å². The van der Waals surface area contributed by atoms with Gasteiger partial charge in [-0.2, -0.15) is 0 Å². The van der Waals surface area contributed by atoms with Crippen molar-refractivity contribution in [3.05, 3.63) is 106 Å². The highest BCUT2D eigenvalue weighted by molar-refractivity contribution is 8.00. The van der Waals surface area contributed by atoms with Crippen molar-refractivity contribution in [3.63, 3.8) is 0 Å². The number of halogens is 1. The van der Waals surface area contributed by atoms with E-state index in [9.17, 15) is 23.9 Å². The molecule has 6 rings (SSSR count). The van der Waals surface area contributed by atoms with Crippen molar-refractivity contribution in [3.8, 4) is 5.75 Å². The average Bonchev–Trinajstić information content (AvgIpc) is 3.71. The number of aliphatic hydroxyl groups excluding tert-OH is 1. The number of aliphatic hydroxyl groups is 1. The second-order valence-corrected chi connectivity index (χ2v) is 12.2. The van der Waals surface area contributed by atoms with Crippen LogP contribution in [-0.2, 0) is 26.5 Å². The number of ether oxygens (including phenoxy) is 2. The van der Waals surface area contributed by atoms with Gasteiger partial charge in [0.25, 0.3) is 5.78 Å². The lowest BCUT2D eigenvalue weighted by Gasteiger charge is -2.22. The zero-order chi connectivity index (χ0) is 30.2. The Labute approximate surface area is 254 Å². The molecule has 0 radical (unpaired) electrons. The van der Waals surface area contributed by atoms with E-state index < -0.39 is 23.7 Å². The molecule has 1 saturated heterocycles. The minimum atomic E-state index is -1.04. The third-order valence-electron chi connectivity index (χ3n) is 7.14. The molecule has 0 unspecified atom stereocenters. The summed E-state index contributed by atoms with van der Waals surface area (Å²) in [4.78, 5) is 40.4. The van der Waals surface area contributed by atoms with Crippen molar-refractivity contribution in [1.29, 1.82) is 0 Å². The van der Waals surface area contributed by atoms with E-state index in [0.717, 1.165) is 22.5 Å². The van der Waals surface area contributed by atoms with E-state index in [1.54, 1.807) is 42.5 Å². The molecule has 43 heavy (non-hydrogen) atoms. The molecule has 2 aliphatic rings. The largest absolute Gasteiger partial charge is 0.507 e. The first-order valence-electron chi connectivity index (χ1n) is 13.2. The maximum Gasteiger partial charge on any atom is 0.337 e. The number of carbonyl (C=O) groups is 3. The van der Waals surface area contributed by atoms with E-state index in [0.29, 0.717) is 33.4 Å². The summed E-state index contributed by atoms with van der Waals surface area (Å²) in [6.45, 7) is 1.94. The molecule has 2 aliphatic heterocycles. The van der Waals surface area contributed by atoms with Gasteiger partial charge in [-0.3, -0.25) is 14.5 Å². The second-order valence-electron chi connectivity index (χ2n) is 10.0. The van der Waals surface area contributed by atoms with Crippen molar-refractivity contribution in [2.75, 3.05) is 12.0 Å². The van der Waals surface area contributed by atoms with Crippen LogP contribution in [0.4, 0.5) is 9.52 Å². The molecule has 3 aromatic carbocycles. The number of amides is 1. The van der Waals surface area contributed by atoms with Crippen molar-refractivity contribution in [2.24, 2.45) is 0 Å². The number of hydrogen-bond donors (Lipinski definition) is 1. The zero-order valence-electron chi connectivity index (χ0n) is 22.9. The zero-order valence-corrected chi connectivity index (χ0v) is 24.6. The Hall–Kier alpha value is -4.55. The van der Waals surface area contributed by atoms with Gasteiger partial charge in [0.1, 0.15) is 23.4 Å². The first-order valence-corrected chi connectivity index (χ1v) is 15.0. The molecule has 3 heterocycles. The fraction of sp³-hybridized carbons (Fsp3) is 0.194. The predicted octanol–water partition coefficient (Wildman–Crippen LogP) is 5.71. The van der Waals surface area contributed by atoms with Gasteiger partial charge in [0.15, 0.2) is 4.34 Å². The molecule has 218 valence electrons. The lowest BCUT2D eigenvalue weighted by atomic mass is 9.94. The van der Waals surface area contributed by atoms with Crippen LogP contribution in [0.25, 0.3) is 5.76 Å². The molecule has 12 heteroatoms. The van der Waals surface area contributed by atoms with Crippen LogP contribution in [0.2, 0.25) is 0 Å². The van der Waals surface area contributed by atoms with E-state index in [1.807, 2.05) is 6.92 Å². The van der Waals surface area contributed by atoms with Crippen LogP contribution in [0.3, 0.4) is 0 Å². The topological polar surface area (TPSA) is 119 Å². The number of nitrogens with zero attached hydrogens (tertiary/aromatic N) is 3. The van der Waals surface area contributed by atoms with Gasteiger partial charge in [0.05, 0.1) is 24.3 Å². The third-order valence-corrected chi connectivity index (χ3v) is 9.27. The number of Topliss-reactive ketones (excluding diaryl/α,β-unsaturated/α-hetero) is 1. The standard InChI is InChI=1S/C31H24FN3O6S2/c1-16-13-21-14-20(9-12-23(21)41-16)26(36)24-25(18-5-7-19(8-6-18)29(39)40-2)35(28(38)27(24)37)30-33-34-31(43-30)42-15-17-3-10-22(32)11-4-17/h3-12,14,16,25,36H,13,15H2,1-2H3/b26-24+/t16-,25-/m1/s1. The van der Waals surface area contributed by atoms with Crippen molar-refractivity contribution < 1.29 is 33.4 Å². The average molecular weight is 618 g/mol. The maximum absolute atomic E-state index is 13.6. The summed E-state index contributed by atoms with van der Waals surface area (Å²) in [5.74, 6) is -1.74. The van der Waals surface area contributed by atoms with Gasteiger partial charge in [0, 0.05) is 17.7 Å². The second kappa shape index (κ2) is 11.6. The van der Waals surface area contributed by atoms with E-state index >= 15 is 0 Å². The van der Waals surface area contributed by atoms with Crippen molar-refractivity contribution >= 4 is 51.6 Å². The monoisotopic (exact) mass is 617 g/mol. The molecule has 1 aromatic heterocycles. The molecule has 0 aliphatic carbocycles. The highest BCUT2D eigenvalue weighted by atomic mass is 32.2. The quantitative estimate of drug-likeness (QED) is 0.0695. The van der Waals surface area contributed by atoms with Gasteiger partial charge in [-0.25, -0.2) is 9.18 Å². The lowest BCUT2D eigenvalue weighted by Crippen LogP contribution is -2.29. The predicted molar refractivity (Wildman–Crippen MR) is 159 cm³/mol. The number of hydrogen-bond acceptors (Lipinski definition) is 10. The van der Waals surface area contributed by atoms with Gasteiger partial charge < -0.3 is 14.6 Å². The molecule has 4 aromatic rings. The number of thioether (sulfide) groups is 1. The van der Waals surface area contributed by atoms with Crippen LogP contribution >= 0.6 is 23.1 Å². The molecule has 1 amide bonds. The summed E-state index contributed by atoms with van der Waals surface area (Å²) >= 11 is 2.48. The number of anilines is 1. The molecular weight excluding hydrogens is 593 g/mol. The van der Waals surface area contributed by atoms with Gasteiger partial charge in [0.2, 0.25) is 5.13 Å². The van der Waals surface area contributed by atoms with Gasteiger partial charge in [-0.05, 0) is 66.1 Å². The number of rotatable bonds is 7. The highest BCUT2D eigenvalue weighted by Crippen LogP contribution is 2.44. The van der Waals surface area contributed by atoms with Crippen molar-refractivity contribution in [2.45, 2.75) is 35.6 Å². The molecule has 0 spiro atoms. The van der Waals surface area contributed by atoms with E-state index in [1.165, 1.54) is 48.0 Å². The minimum absolute atomic E-state index is 0.0150. The van der Waals surface area contributed by atoms with Crippen LogP contribution in [-0.4, -0.2) is 46.2 Å². The normalized spacial score (nSPS) is 18.9. The minimum Gasteiger partial charge on any atom is -0.507 e. The Morgan fingerprint density at radius 1 is 1.09 bits per heavy atom. The lowest BCUT2D eigenvalue weighted by molar-refractivity contribution is -0.132. The molecular formula is C31H24FN3O6S2. The number of esters is 1. The fourth-order valence-corrected chi connectivity index (χ4v) is 6.90. The fourth-order valence-electron chi connectivity index (χ4n) is 5.07. The summed E-state index contributed by atoms with van der Waals surface area (Å²) in [6, 6.07) is 16.5. The highest BCUT2D eigenvalue weighted by Gasteiger charge is 2.48. The van der Waals surface area contributed by atoms with E-state index in [4.69, 9.17) is 9.47 Å². The summed E-state index contributed by atoms with van der Waals surface area (Å²) in [5.41, 5.74) is 2.78. The Balaban J connectivity index is 1.39. The molecule has 0 saturated carbocycles. The maximum atomic E-state index is 13.6. The van der Waals surface area contributed by atoms with Crippen molar-refractivity contribution in [1.82, 2.24) is 10.2 Å². The molecule has 1 N–H and O–H groups in total. The Bertz CT molecular complexity index is 1770.